The third-order valence-corrected chi connectivity index (χ3v) is 4.41. The second kappa shape index (κ2) is 5.99. The molecular formula is C14H14N6O2S. The van der Waals surface area contributed by atoms with E-state index in [-0.39, 0.29) is 0 Å². The average molecular weight is 330 g/mol. The molecule has 0 saturated heterocycles. The summed E-state index contributed by atoms with van der Waals surface area (Å²) >= 11 is 1.45. The van der Waals surface area contributed by atoms with Gasteiger partial charge in [-0.3, -0.25) is 0 Å². The van der Waals surface area contributed by atoms with Crippen molar-refractivity contribution in [2.45, 2.75) is 29.7 Å². The Labute approximate surface area is 136 Å². The molecule has 0 unspecified atom stereocenters. The van der Waals surface area contributed by atoms with Gasteiger partial charge in [0.15, 0.2) is 5.82 Å². The molecule has 0 spiro atoms. The summed E-state index contributed by atoms with van der Waals surface area (Å²) in [5.41, 5.74) is 0.786. The molecule has 4 rings (SSSR count). The van der Waals surface area contributed by atoms with Crippen LogP contribution in [-0.2, 0) is 5.75 Å². The van der Waals surface area contributed by atoms with Crippen LogP contribution in [0.1, 0.15) is 30.5 Å². The van der Waals surface area contributed by atoms with Crippen molar-refractivity contribution in [3.05, 3.63) is 36.0 Å². The molecule has 1 aliphatic carbocycles. The van der Waals surface area contributed by atoms with Crippen molar-refractivity contribution in [3.63, 3.8) is 0 Å². The maximum atomic E-state index is 5.36. The maximum Gasteiger partial charge on any atom is 0.229 e. The first-order valence-corrected chi connectivity index (χ1v) is 8.21. The SMILES string of the molecule is COc1ccccc1-n1nnnc1SCc1noc(C2CC2)n1. The molecule has 3 aromatic rings. The quantitative estimate of drug-likeness (QED) is 0.635. The Balaban J connectivity index is 1.52. The standard InChI is InChI=1S/C14H14N6O2S/c1-21-11-5-3-2-4-10(11)20-14(16-18-19-20)23-8-12-15-13(22-17-12)9-6-7-9/h2-5,9H,6-8H2,1H3. The zero-order valence-electron chi connectivity index (χ0n) is 12.4. The molecule has 1 fully saturated rings. The van der Waals surface area contributed by atoms with Gasteiger partial charge < -0.3 is 9.26 Å². The average Bonchev–Trinajstić information content (AvgIpc) is 3.15. The van der Waals surface area contributed by atoms with Crippen molar-refractivity contribution in [1.82, 2.24) is 30.3 Å². The number of methoxy groups -OCH3 is 1. The minimum atomic E-state index is 0.458. The van der Waals surface area contributed by atoms with Gasteiger partial charge in [-0.25, -0.2) is 0 Å². The Morgan fingerprint density at radius 1 is 1.35 bits per heavy atom. The molecule has 23 heavy (non-hydrogen) atoms. The van der Waals surface area contributed by atoms with Gasteiger partial charge in [-0.1, -0.05) is 29.1 Å². The topological polar surface area (TPSA) is 91.8 Å². The van der Waals surface area contributed by atoms with Crippen LogP contribution in [0.3, 0.4) is 0 Å². The second-order valence-corrected chi connectivity index (χ2v) is 6.10. The molecule has 118 valence electrons. The van der Waals surface area contributed by atoms with Gasteiger partial charge in [0.2, 0.25) is 11.0 Å². The van der Waals surface area contributed by atoms with Gasteiger partial charge >= 0.3 is 0 Å². The van der Waals surface area contributed by atoms with E-state index in [2.05, 4.69) is 25.7 Å². The van der Waals surface area contributed by atoms with Gasteiger partial charge in [-0.2, -0.15) is 9.67 Å². The number of hydrogen-bond donors (Lipinski definition) is 0. The summed E-state index contributed by atoms with van der Waals surface area (Å²) in [6.07, 6.45) is 2.28. The van der Waals surface area contributed by atoms with Crippen LogP contribution in [0.25, 0.3) is 5.69 Å². The molecule has 0 N–H and O–H groups in total. The Bertz CT molecular complexity index is 813. The zero-order chi connectivity index (χ0) is 15.6. The predicted molar refractivity (Wildman–Crippen MR) is 81.5 cm³/mol. The van der Waals surface area contributed by atoms with Gasteiger partial charge in [-0.15, -0.1) is 5.10 Å². The number of tetrazole rings is 1. The summed E-state index contributed by atoms with van der Waals surface area (Å²) in [6, 6.07) is 7.58. The maximum absolute atomic E-state index is 5.36. The van der Waals surface area contributed by atoms with Crippen LogP contribution in [0, 0.1) is 0 Å². The van der Waals surface area contributed by atoms with Crippen molar-refractivity contribution in [3.8, 4) is 11.4 Å². The van der Waals surface area contributed by atoms with Crippen LogP contribution in [-0.4, -0.2) is 37.5 Å². The van der Waals surface area contributed by atoms with Gasteiger partial charge in [-0.05, 0) is 35.4 Å². The molecule has 0 bridgehead atoms. The highest BCUT2D eigenvalue weighted by molar-refractivity contribution is 7.98. The summed E-state index contributed by atoms with van der Waals surface area (Å²) in [6.45, 7) is 0. The van der Waals surface area contributed by atoms with Crippen molar-refractivity contribution in [2.24, 2.45) is 0 Å². The van der Waals surface area contributed by atoms with Crippen molar-refractivity contribution < 1.29 is 9.26 Å². The van der Waals surface area contributed by atoms with Crippen molar-refractivity contribution in [2.75, 3.05) is 7.11 Å². The Morgan fingerprint density at radius 3 is 3.04 bits per heavy atom. The molecule has 1 saturated carbocycles. The predicted octanol–water partition coefficient (Wildman–Crippen LogP) is 2.22. The summed E-state index contributed by atoms with van der Waals surface area (Å²) < 4.78 is 12.3. The first-order chi connectivity index (χ1) is 11.3. The number of hydrogen-bond acceptors (Lipinski definition) is 8. The van der Waals surface area contributed by atoms with Crippen LogP contribution >= 0.6 is 11.8 Å². The van der Waals surface area contributed by atoms with Crippen LogP contribution in [0.5, 0.6) is 5.75 Å². The molecule has 1 aliphatic rings. The zero-order valence-corrected chi connectivity index (χ0v) is 13.2. The fourth-order valence-electron chi connectivity index (χ4n) is 2.18. The minimum Gasteiger partial charge on any atom is -0.494 e. The monoisotopic (exact) mass is 330 g/mol. The number of aromatic nitrogens is 6. The van der Waals surface area contributed by atoms with E-state index in [1.165, 1.54) is 11.8 Å². The number of para-hydroxylation sites is 2. The molecule has 0 amide bonds. The summed E-state index contributed by atoms with van der Waals surface area (Å²) in [5.74, 6) is 3.11. The van der Waals surface area contributed by atoms with E-state index >= 15 is 0 Å². The highest BCUT2D eigenvalue weighted by Crippen LogP contribution is 2.39. The lowest BCUT2D eigenvalue weighted by Gasteiger charge is -2.08. The van der Waals surface area contributed by atoms with E-state index < -0.39 is 0 Å². The lowest BCUT2D eigenvalue weighted by Crippen LogP contribution is -2.02. The van der Waals surface area contributed by atoms with E-state index in [4.69, 9.17) is 9.26 Å². The number of nitrogens with zero attached hydrogens (tertiary/aromatic N) is 6. The van der Waals surface area contributed by atoms with Crippen LogP contribution in [0.15, 0.2) is 33.9 Å². The van der Waals surface area contributed by atoms with Gasteiger partial charge in [0, 0.05) is 5.92 Å². The molecule has 9 heteroatoms. The van der Waals surface area contributed by atoms with E-state index in [9.17, 15) is 0 Å². The molecule has 8 nitrogen and oxygen atoms in total. The third-order valence-electron chi connectivity index (χ3n) is 3.50. The normalized spacial score (nSPS) is 14.1. The Hall–Kier alpha value is -2.42. The molecule has 0 atom stereocenters. The Kier molecular flexibility index (Phi) is 3.70. The van der Waals surface area contributed by atoms with Gasteiger partial charge in [0.1, 0.15) is 11.4 Å². The van der Waals surface area contributed by atoms with Crippen LogP contribution in [0.4, 0.5) is 0 Å². The van der Waals surface area contributed by atoms with Gasteiger partial charge in [0.25, 0.3) is 0 Å². The number of ether oxygens (including phenoxy) is 1. The molecule has 0 aliphatic heterocycles. The van der Waals surface area contributed by atoms with Crippen molar-refractivity contribution in [1.29, 1.82) is 0 Å². The smallest absolute Gasteiger partial charge is 0.229 e. The fourth-order valence-corrected chi connectivity index (χ4v) is 2.90. The first kappa shape index (κ1) is 14.2. The van der Waals surface area contributed by atoms with E-state index in [0.29, 0.717) is 28.4 Å². The minimum absolute atomic E-state index is 0.458. The first-order valence-electron chi connectivity index (χ1n) is 7.22. The molecule has 2 heterocycles. The number of benzene rings is 1. The van der Waals surface area contributed by atoms with Crippen LogP contribution < -0.4 is 4.74 Å². The number of thioether (sulfide) groups is 1. The van der Waals surface area contributed by atoms with Crippen molar-refractivity contribution >= 4 is 11.8 Å². The summed E-state index contributed by atoms with van der Waals surface area (Å²) in [7, 11) is 1.62. The number of rotatable bonds is 6. The van der Waals surface area contributed by atoms with Crippen LogP contribution in [0.2, 0.25) is 0 Å². The third kappa shape index (κ3) is 2.91. The molecular weight excluding hydrogens is 316 g/mol. The lowest BCUT2D eigenvalue weighted by molar-refractivity contribution is 0.375. The largest absolute Gasteiger partial charge is 0.494 e. The lowest BCUT2D eigenvalue weighted by atomic mass is 10.3. The molecule has 1 aromatic carbocycles. The Morgan fingerprint density at radius 2 is 2.22 bits per heavy atom. The highest BCUT2D eigenvalue weighted by Gasteiger charge is 2.29. The van der Waals surface area contributed by atoms with E-state index in [0.717, 1.165) is 24.4 Å². The van der Waals surface area contributed by atoms with E-state index in [1.54, 1.807) is 11.8 Å². The molecule has 2 aromatic heterocycles. The molecule has 0 radical (unpaired) electrons. The fraction of sp³-hybridized carbons (Fsp3) is 0.357. The van der Waals surface area contributed by atoms with Gasteiger partial charge in [0.05, 0.1) is 12.9 Å². The van der Waals surface area contributed by atoms with E-state index in [1.807, 2.05) is 24.3 Å². The summed E-state index contributed by atoms with van der Waals surface area (Å²) in [4.78, 5) is 4.41. The highest BCUT2D eigenvalue weighted by atomic mass is 32.2. The second-order valence-electron chi connectivity index (χ2n) is 5.16. The summed E-state index contributed by atoms with van der Waals surface area (Å²) in [5, 5.41) is 16.5.